The van der Waals surface area contributed by atoms with Gasteiger partial charge in [0.05, 0.1) is 11.9 Å². The molecule has 1 amide bonds. The number of carbonyl (C=O) groups excluding carboxylic acids is 1. The normalized spacial score (nSPS) is 14.8. The molecule has 24 heavy (non-hydrogen) atoms. The van der Waals surface area contributed by atoms with E-state index >= 15 is 0 Å². The van der Waals surface area contributed by atoms with E-state index in [9.17, 15) is 4.79 Å². The Morgan fingerprint density at radius 1 is 1.04 bits per heavy atom. The molecule has 7 nitrogen and oxygen atoms in total. The number of hydrogen-bond donors (Lipinski definition) is 2. The van der Waals surface area contributed by atoms with Crippen molar-refractivity contribution >= 4 is 28.4 Å². The maximum Gasteiger partial charge on any atom is 0.255 e. The summed E-state index contributed by atoms with van der Waals surface area (Å²) in [4.78, 5) is 19.1. The predicted molar refractivity (Wildman–Crippen MR) is 92.1 cm³/mol. The highest BCUT2D eigenvalue weighted by molar-refractivity contribution is 6.05. The van der Waals surface area contributed by atoms with Crippen molar-refractivity contribution in [2.45, 2.75) is 19.3 Å². The van der Waals surface area contributed by atoms with Crippen LogP contribution in [0.1, 0.15) is 29.6 Å². The van der Waals surface area contributed by atoms with E-state index in [0.717, 1.165) is 24.4 Å². The van der Waals surface area contributed by atoms with Gasteiger partial charge in [-0.05, 0) is 49.6 Å². The summed E-state index contributed by atoms with van der Waals surface area (Å²) in [5.41, 5.74) is 2.62. The van der Waals surface area contributed by atoms with Crippen molar-refractivity contribution in [3.63, 3.8) is 0 Å². The molecule has 0 atom stereocenters. The van der Waals surface area contributed by atoms with E-state index < -0.39 is 0 Å². The Kier molecular flexibility index (Phi) is 3.82. The van der Waals surface area contributed by atoms with Gasteiger partial charge in [0.2, 0.25) is 0 Å². The van der Waals surface area contributed by atoms with Crippen molar-refractivity contribution in [1.29, 1.82) is 0 Å². The molecule has 1 aromatic carbocycles. The van der Waals surface area contributed by atoms with Crippen LogP contribution in [0, 0.1) is 0 Å². The lowest BCUT2D eigenvalue weighted by molar-refractivity contribution is 0.102. The highest BCUT2D eigenvalue weighted by Crippen LogP contribution is 2.19. The van der Waals surface area contributed by atoms with Gasteiger partial charge in [-0.15, -0.1) is 0 Å². The number of hydrogen-bond acceptors (Lipinski definition) is 5. The van der Waals surface area contributed by atoms with Gasteiger partial charge in [0, 0.05) is 18.7 Å². The molecule has 7 heteroatoms. The first-order chi connectivity index (χ1) is 11.8. The van der Waals surface area contributed by atoms with Crippen LogP contribution in [0.3, 0.4) is 0 Å². The number of aromatic amines is 1. The molecule has 0 bridgehead atoms. The van der Waals surface area contributed by atoms with Crippen LogP contribution in [0.2, 0.25) is 0 Å². The second-order valence-corrected chi connectivity index (χ2v) is 5.93. The minimum absolute atomic E-state index is 0.188. The number of fused-ring (bicyclic) bond motifs is 1. The van der Waals surface area contributed by atoms with Gasteiger partial charge < -0.3 is 10.2 Å². The fourth-order valence-corrected chi connectivity index (χ4v) is 2.95. The van der Waals surface area contributed by atoms with Crippen molar-refractivity contribution < 1.29 is 4.79 Å². The summed E-state index contributed by atoms with van der Waals surface area (Å²) in [6.45, 7) is 2.10. The predicted octanol–water partition coefficient (Wildman–Crippen LogP) is 2.60. The number of nitrogens with zero attached hydrogens (tertiary/aromatic N) is 4. The maximum atomic E-state index is 12.4. The molecule has 1 saturated heterocycles. The van der Waals surface area contributed by atoms with Gasteiger partial charge in [-0.1, -0.05) is 0 Å². The third-order valence-electron chi connectivity index (χ3n) is 4.26. The van der Waals surface area contributed by atoms with Crippen LogP contribution in [-0.4, -0.2) is 39.4 Å². The Balaban J connectivity index is 1.46. The summed E-state index contributed by atoms with van der Waals surface area (Å²) < 4.78 is 0. The molecule has 122 valence electrons. The molecular weight excluding hydrogens is 304 g/mol. The van der Waals surface area contributed by atoms with Crippen molar-refractivity contribution in [1.82, 2.24) is 20.4 Å². The molecule has 1 fully saturated rings. The van der Waals surface area contributed by atoms with Crippen LogP contribution < -0.4 is 10.2 Å². The summed E-state index contributed by atoms with van der Waals surface area (Å²) in [5, 5.41) is 13.4. The smallest absolute Gasteiger partial charge is 0.255 e. The number of benzene rings is 1. The zero-order chi connectivity index (χ0) is 16.4. The van der Waals surface area contributed by atoms with Crippen molar-refractivity contribution in [2.75, 3.05) is 23.3 Å². The van der Waals surface area contributed by atoms with Crippen molar-refractivity contribution in [2.24, 2.45) is 0 Å². The van der Waals surface area contributed by atoms with Crippen LogP contribution in [0.5, 0.6) is 0 Å². The molecule has 2 aromatic heterocycles. The average molecular weight is 322 g/mol. The fraction of sp³-hybridized carbons (Fsp3) is 0.294. The van der Waals surface area contributed by atoms with E-state index in [4.69, 9.17) is 0 Å². The van der Waals surface area contributed by atoms with Gasteiger partial charge in [0.15, 0.2) is 0 Å². The molecule has 0 aliphatic carbocycles. The molecule has 4 rings (SSSR count). The van der Waals surface area contributed by atoms with Gasteiger partial charge in [-0.25, -0.2) is 4.98 Å². The third-order valence-corrected chi connectivity index (χ3v) is 4.26. The van der Waals surface area contributed by atoms with E-state index in [1.54, 1.807) is 24.4 Å². The first-order valence-corrected chi connectivity index (χ1v) is 8.12. The number of anilines is 2. The van der Waals surface area contributed by atoms with E-state index in [0.29, 0.717) is 16.8 Å². The molecule has 0 radical (unpaired) electrons. The van der Waals surface area contributed by atoms with Crippen molar-refractivity contribution in [3.05, 3.63) is 42.1 Å². The Morgan fingerprint density at radius 3 is 2.67 bits per heavy atom. The van der Waals surface area contributed by atoms with Crippen LogP contribution in [0.4, 0.5) is 11.5 Å². The van der Waals surface area contributed by atoms with Crippen LogP contribution >= 0.6 is 0 Å². The van der Waals surface area contributed by atoms with E-state index in [-0.39, 0.29) is 5.91 Å². The number of amides is 1. The number of aromatic nitrogens is 4. The number of rotatable bonds is 3. The first kappa shape index (κ1) is 14.6. The number of nitrogens with one attached hydrogen (secondary N) is 2. The minimum atomic E-state index is -0.188. The average Bonchev–Trinajstić information content (AvgIpc) is 3.11. The third kappa shape index (κ3) is 2.92. The molecule has 0 unspecified atom stereocenters. The Hall–Kier alpha value is -2.96. The maximum absolute atomic E-state index is 12.4. The molecule has 3 heterocycles. The number of pyridine rings is 1. The first-order valence-electron chi connectivity index (χ1n) is 8.12. The fourth-order valence-electron chi connectivity index (χ4n) is 2.95. The lowest BCUT2D eigenvalue weighted by atomic mass is 10.1. The lowest BCUT2D eigenvalue weighted by Gasteiger charge is -2.27. The molecule has 0 saturated carbocycles. The molecular formula is C17H18N6O. The van der Waals surface area contributed by atoms with Gasteiger partial charge in [-0.2, -0.15) is 15.4 Å². The van der Waals surface area contributed by atoms with Crippen LogP contribution in [-0.2, 0) is 0 Å². The molecule has 2 N–H and O–H groups in total. The summed E-state index contributed by atoms with van der Waals surface area (Å²) in [6.07, 6.45) is 5.42. The number of H-pyrrole nitrogens is 1. The van der Waals surface area contributed by atoms with Gasteiger partial charge >= 0.3 is 0 Å². The minimum Gasteiger partial charge on any atom is -0.357 e. The van der Waals surface area contributed by atoms with E-state index in [1.165, 1.54) is 19.3 Å². The topological polar surface area (TPSA) is 86.8 Å². The summed E-state index contributed by atoms with van der Waals surface area (Å²) in [5.74, 6) is 0.782. The van der Waals surface area contributed by atoms with Gasteiger partial charge in [0.1, 0.15) is 16.9 Å². The standard InChI is InChI=1S/C17H18N6O/c24-17(12-4-6-14-15(10-12)21-22-20-14)19-13-5-7-16(18-11-13)23-8-2-1-3-9-23/h4-7,10-11H,1-3,8-9H2,(H,19,24)(H,20,21,22). The van der Waals surface area contributed by atoms with Gasteiger partial charge in [-0.3, -0.25) is 4.79 Å². The highest BCUT2D eigenvalue weighted by Gasteiger charge is 2.13. The number of carbonyl (C=O) groups is 1. The SMILES string of the molecule is O=C(Nc1ccc(N2CCCCC2)nc1)c1ccc2n[nH]nc2c1. The zero-order valence-corrected chi connectivity index (χ0v) is 13.2. The molecule has 1 aliphatic heterocycles. The molecule has 1 aliphatic rings. The second kappa shape index (κ2) is 6.27. The molecule has 0 spiro atoms. The summed E-state index contributed by atoms with van der Waals surface area (Å²) >= 11 is 0. The summed E-state index contributed by atoms with van der Waals surface area (Å²) in [7, 11) is 0. The van der Waals surface area contributed by atoms with Crippen LogP contribution in [0.25, 0.3) is 11.0 Å². The van der Waals surface area contributed by atoms with E-state index in [2.05, 4.69) is 30.6 Å². The second-order valence-electron chi connectivity index (χ2n) is 5.93. The quantitative estimate of drug-likeness (QED) is 0.774. The highest BCUT2D eigenvalue weighted by atomic mass is 16.1. The lowest BCUT2D eigenvalue weighted by Crippen LogP contribution is -2.30. The molecule has 3 aromatic rings. The summed E-state index contributed by atoms with van der Waals surface area (Å²) in [6, 6.07) is 9.07. The Bertz CT molecular complexity index is 851. The zero-order valence-electron chi connectivity index (χ0n) is 13.2. The monoisotopic (exact) mass is 322 g/mol. The number of piperidine rings is 1. The van der Waals surface area contributed by atoms with Gasteiger partial charge in [0.25, 0.3) is 5.91 Å². The van der Waals surface area contributed by atoms with Crippen molar-refractivity contribution in [3.8, 4) is 0 Å². The van der Waals surface area contributed by atoms with Crippen LogP contribution in [0.15, 0.2) is 36.5 Å². The Labute approximate surface area is 139 Å². The Morgan fingerprint density at radius 2 is 1.88 bits per heavy atom. The largest absolute Gasteiger partial charge is 0.357 e. The van der Waals surface area contributed by atoms with E-state index in [1.807, 2.05) is 12.1 Å².